The van der Waals surface area contributed by atoms with Crippen molar-refractivity contribution in [1.29, 1.82) is 0 Å². The number of aryl methyl sites for hydroxylation is 3. The molecule has 0 aliphatic rings. The van der Waals surface area contributed by atoms with Gasteiger partial charge in [0.25, 0.3) is 0 Å². The molecule has 3 heteroatoms. The molecule has 20 heavy (non-hydrogen) atoms. The number of ether oxygens (including phenoxy) is 1. The van der Waals surface area contributed by atoms with Gasteiger partial charge in [-0.05, 0) is 49.6 Å². The Kier molecular flexibility index (Phi) is 4.15. The van der Waals surface area contributed by atoms with Crippen LogP contribution in [0.15, 0.2) is 30.3 Å². The van der Waals surface area contributed by atoms with Crippen molar-refractivity contribution >= 4 is 17.4 Å². The van der Waals surface area contributed by atoms with E-state index >= 15 is 0 Å². The highest BCUT2D eigenvalue weighted by molar-refractivity contribution is 6.35. The van der Waals surface area contributed by atoms with Gasteiger partial charge in [-0.15, -0.1) is 0 Å². The normalized spacial score (nSPS) is 10.4. The van der Waals surface area contributed by atoms with Gasteiger partial charge in [0, 0.05) is 5.56 Å². The van der Waals surface area contributed by atoms with E-state index in [9.17, 15) is 4.79 Å². The van der Waals surface area contributed by atoms with Gasteiger partial charge >= 0.3 is 0 Å². The molecule has 0 radical (unpaired) electrons. The number of carbonyl (C=O) groups excluding carboxylic acids is 1. The first-order valence-electron chi connectivity index (χ1n) is 6.40. The van der Waals surface area contributed by atoms with Gasteiger partial charge in [0.2, 0.25) is 0 Å². The summed E-state index contributed by atoms with van der Waals surface area (Å²) in [5, 5.41) is 0.500. The summed E-state index contributed by atoms with van der Waals surface area (Å²) in [6.45, 7) is 5.77. The molecule has 0 unspecified atom stereocenters. The third-order valence-corrected chi connectivity index (χ3v) is 3.83. The quantitative estimate of drug-likeness (QED) is 0.777. The molecule has 0 fully saturated rings. The molecule has 0 bridgehead atoms. The van der Waals surface area contributed by atoms with Crippen molar-refractivity contribution in [2.45, 2.75) is 20.8 Å². The summed E-state index contributed by atoms with van der Waals surface area (Å²) in [5.74, 6) is 0.484. The fraction of sp³-hybridized carbons (Fsp3) is 0.235. The van der Waals surface area contributed by atoms with Crippen LogP contribution >= 0.6 is 11.6 Å². The second kappa shape index (κ2) is 5.68. The summed E-state index contributed by atoms with van der Waals surface area (Å²) in [6, 6.07) is 9.31. The molecule has 0 atom stereocenters. The second-order valence-corrected chi connectivity index (χ2v) is 5.30. The first-order valence-corrected chi connectivity index (χ1v) is 6.78. The Morgan fingerprint density at radius 1 is 1.10 bits per heavy atom. The summed E-state index contributed by atoms with van der Waals surface area (Å²) in [5.41, 5.74) is 3.93. The highest BCUT2D eigenvalue weighted by atomic mass is 35.5. The zero-order valence-corrected chi connectivity index (χ0v) is 12.8. The molecule has 0 amide bonds. The SMILES string of the molecule is COc1cc(C)cc(C)c1C(=O)c1cccc(C)c1Cl. The molecule has 0 saturated carbocycles. The second-order valence-electron chi connectivity index (χ2n) is 4.92. The van der Waals surface area contributed by atoms with Crippen LogP contribution in [-0.4, -0.2) is 12.9 Å². The lowest BCUT2D eigenvalue weighted by Gasteiger charge is -2.13. The van der Waals surface area contributed by atoms with E-state index in [1.54, 1.807) is 13.2 Å². The van der Waals surface area contributed by atoms with Crippen LogP contribution in [0.3, 0.4) is 0 Å². The molecule has 0 N–H and O–H groups in total. The highest BCUT2D eigenvalue weighted by Crippen LogP contribution is 2.30. The summed E-state index contributed by atoms with van der Waals surface area (Å²) >= 11 is 6.26. The molecule has 0 aromatic heterocycles. The number of hydrogen-bond acceptors (Lipinski definition) is 2. The van der Waals surface area contributed by atoms with Crippen LogP contribution in [0.5, 0.6) is 5.75 Å². The maximum absolute atomic E-state index is 12.8. The first-order chi connectivity index (χ1) is 9.45. The molecular formula is C17H17ClO2. The van der Waals surface area contributed by atoms with Crippen LogP contribution in [0.4, 0.5) is 0 Å². The Morgan fingerprint density at radius 3 is 2.45 bits per heavy atom. The van der Waals surface area contributed by atoms with E-state index in [4.69, 9.17) is 16.3 Å². The van der Waals surface area contributed by atoms with Crippen molar-refractivity contribution in [3.05, 3.63) is 63.2 Å². The van der Waals surface area contributed by atoms with Crippen LogP contribution in [0.2, 0.25) is 5.02 Å². The summed E-state index contributed by atoms with van der Waals surface area (Å²) < 4.78 is 5.36. The molecule has 2 aromatic carbocycles. The van der Waals surface area contributed by atoms with Gasteiger partial charge in [-0.3, -0.25) is 4.79 Å². The van der Waals surface area contributed by atoms with Gasteiger partial charge < -0.3 is 4.74 Å². The molecule has 0 heterocycles. The van der Waals surface area contributed by atoms with Gasteiger partial charge in [-0.25, -0.2) is 0 Å². The van der Waals surface area contributed by atoms with Crippen molar-refractivity contribution in [2.24, 2.45) is 0 Å². The maximum atomic E-state index is 12.8. The molecule has 0 spiro atoms. The molecule has 2 rings (SSSR count). The minimum absolute atomic E-state index is 0.104. The molecule has 0 aliphatic heterocycles. The lowest BCUT2D eigenvalue weighted by molar-refractivity contribution is 0.103. The lowest BCUT2D eigenvalue weighted by atomic mass is 9.95. The number of hydrogen-bond donors (Lipinski definition) is 0. The summed E-state index contributed by atoms with van der Waals surface area (Å²) in [6.07, 6.45) is 0. The van der Waals surface area contributed by atoms with E-state index in [2.05, 4.69) is 0 Å². The highest BCUT2D eigenvalue weighted by Gasteiger charge is 2.20. The monoisotopic (exact) mass is 288 g/mol. The summed E-state index contributed by atoms with van der Waals surface area (Å²) in [4.78, 5) is 12.8. The predicted octanol–water partition coefficient (Wildman–Crippen LogP) is 4.50. The largest absolute Gasteiger partial charge is 0.496 e. The van der Waals surface area contributed by atoms with E-state index in [1.165, 1.54) is 0 Å². The van der Waals surface area contributed by atoms with Crippen LogP contribution in [0.1, 0.15) is 32.6 Å². The number of carbonyl (C=O) groups is 1. The fourth-order valence-electron chi connectivity index (χ4n) is 2.34. The van der Waals surface area contributed by atoms with E-state index in [-0.39, 0.29) is 5.78 Å². The number of halogens is 1. The molecular weight excluding hydrogens is 272 g/mol. The van der Waals surface area contributed by atoms with Gasteiger partial charge in [0.1, 0.15) is 5.75 Å². The molecule has 0 saturated heterocycles. The zero-order chi connectivity index (χ0) is 14.9. The van der Waals surface area contributed by atoms with E-state index in [0.717, 1.165) is 16.7 Å². The van der Waals surface area contributed by atoms with E-state index in [1.807, 2.05) is 45.0 Å². The average molecular weight is 289 g/mol. The fourth-order valence-corrected chi connectivity index (χ4v) is 2.55. The third-order valence-electron chi connectivity index (χ3n) is 3.33. The van der Waals surface area contributed by atoms with Crippen molar-refractivity contribution < 1.29 is 9.53 Å². The Balaban J connectivity index is 2.62. The molecule has 104 valence electrons. The first kappa shape index (κ1) is 14.6. The predicted molar refractivity (Wildman–Crippen MR) is 82.1 cm³/mol. The topological polar surface area (TPSA) is 26.3 Å². The Hall–Kier alpha value is -1.80. The molecule has 2 nitrogen and oxygen atoms in total. The smallest absolute Gasteiger partial charge is 0.198 e. The van der Waals surface area contributed by atoms with Gasteiger partial charge in [-0.1, -0.05) is 29.8 Å². The zero-order valence-electron chi connectivity index (χ0n) is 12.1. The molecule has 2 aromatic rings. The van der Waals surface area contributed by atoms with Crippen molar-refractivity contribution in [3.8, 4) is 5.75 Å². The van der Waals surface area contributed by atoms with Crippen LogP contribution in [0, 0.1) is 20.8 Å². The van der Waals surface area contributed by atoms with Crippen LogP contribution < -0.4 is 4.74 Å². The third kappa shape index (κ3) is 2.56. The van der Waals surface area contributed by atoms with Crippen LogP contribution in [-0.2, 0) is 0 Å². The Labute approximate surface area is 124 Å². The minimum Gasteiger partial charge on any atom is -0.496 e. The summed E-state index contributed by atoms with van der Waals surface area (Å²) in [7, 11) is 1.57. The average Bonchev–Trinajstić information content (AvgIpc) is 2.40. The van der Waals surface area contributed by atoms with Gasteiger partial charge in [0.05, 0.1) is 17.7 Å². The van der Waals surface area contributed by atoms with Crippen molar-refractivity contribution in [2.75, 3.05) is 7.11 Å². The Morgan fingerprint density at radius 2 is 1.80 bits per heavy atom. The number of rotatable bonds is 3. The number of benzene rings is 2. The van der Waals surface area contributed by atoms with Gasteiger partial charge in [-0.2, -0.15) is 0 Å². The molecule has 0 aliphatic carbocycles. The van der Waals surface area contributed by atoms with Gasteiger partial charge in [0.15, 0.2) is 5.78 Å². The van der Waals surface area contributed by atoms with Crippen molar-refractivity contribution in [1.82, 2.24) is 0 Å². The number of ketones is 1. The van der Waals surface area contributed by atoms with Crippen molar-refractivity contribution in [3.63, 3.8) is 0 Å². The van der Waals surface area contributed by atoms with Crippen LogP contribution in [0.25, 0.3) is 0 Å². The maximum Gasteiger partial charge on any atom is 0.198 e. The Bertz CT molecular complexity index is 675. The lowest BCUT2D eigenvalue weighted by Crippen LogP contribution is -2.08. The van der Waals surface area contributed by atoms with E-state index < -0.39 is 0 Å². The van der Waals surface area contributed by atoms with E-state index in [0.29, 0.717) is 21.9 Å². The number of methoxy groups -OCH3 is 1. The standard InChI is InChI=1S/C17H17ClO2/c1-10-8-12(3)15(14(9-10)20-4)17(19)13-7-5-6-11(2)16(13)18/h5-9H,1-4H3. The minimum atomic E-state index is -0.104.